The van der Waals surface area contributed by atoms with E-state index >= 15 is 0 Å². The van der Waals surface area contributed by atoms with Crippen molar-refractivity contribution >= 4 is 11.8 Å². The molecule has 0 saturated heterocycles. The van der Waals surface area contributed by atoms with Gasteiger partial charge < -0.3 is 15.5 Å². The minimum Gasteiger partial charge on any atom is -0.353 e. The topological polar surface area (TPSA) is 61.4 Å². The minimum atomic E-state index is -0.0332. The molecule has 0 fully saturated rings. The third-order valence-electron chi connectivity index (χ3n) is 2.03. The van der Waals surface area contributed by atoms with Crippen LogP contribution in [0.4, 0.5) is 0 Å². The Bertz CT molecular complexity index is 207. The summed E-state index contributed by atoms with van der Waals surface area (Å²) in [6.45, 7) is 5.95. The summed E-state index contributed by atoms with van der Waals surface area (Å²) in [6, 6.07) is 0. The average Bonchev–Trinajstić information content (AvgIpc) is 2.24. The van der Waals surface area contributed by atoms with Crippen molar-refractivity contribution in [3.8, 4) is 0 Å². The van der Waals surface area contributed by atoms with Crippen LogP contribution < -0.4 is 10.6 Å². The van der Waals surface area contributed by atoms with Gasteiger partial charge >= 0.3 is 0 Å². The highest BCUT2D eigenvalue weighted by molar-refractivity contribution is 5.78. The first-order valence-electron chi connectivity index (χ1n) is 5.33. The van der Waals surface area contributed by atoms with E-state index < -0.39 is 0 Å². The van der Waals surface area contributed by atoms with Gasteiger partial charge in [-0.2, -0.15) is 0 Å². The van der Waals surface area contributed by atoms with Crippen molar-refractivity contribution < 1.29 is 9.59 Å². The fourth-order valence-electron chi connectivity index (χ4n) is 1.06. The van der Waals surface area contributed by atoms with Gasteiger partial charge in [-0.25, -0.2) is 0 Å². The summed E-state index contributed by atoms with van der Waals surface area (Å²) in [5, 5.41) is 5.66. The van der Waals surface area contributed by atoms with Crippen LogP contribution in [-0.2, 0) is 9.59 Å². The number of nitrogens with zero attached hydrogens (tertiary/aromatic N) is 1. The van der Waals surface area contributed by atoms with E-state index in [1.165, 1.54) is 0 Å². The fraction of sp³-hybridized carbons (Fsp3) is 0.800. The SMILES string of the molecule is CCNCC(=O)NCCN(C)C(=O)CC. The number of hydrogen-bond donors (Lipinski definition) is 2. The first kappa shape index (κ1) is 13.9. The lowest BCUT2D eigenvalue weighted by molar-refractivity contribution is -0.130. The molecule has 0 aromatic rings. The van der Waals surface area contributed by atoms with Gasteiger partial charge in [-0.05, 0) is 6.54 Å². The van der Waals surface area contributed by atoms with E-state index in [1.807, 2.05) is 13.8 Å². The number of likely N-dealkylation sites (N-methyl/N-ethyl adjacent to an activating group) is 2. The van der Waals surface area contributed by atoms with Gasteiger partial charge in [0.05, 0.1) is 6.54 Å². The van der Waals surface area contributed by atoms with Crippen LogP contribution >= 0.6 is 0 Å². The molecule has 88 valence electrons. The highest BCUT2D eigenvalue weighted by Crippen LogP contribution is 1.87. The largest absolute Gasteiger partial charge is 0.353 e. The van der Waals surface area contributed by atoms with Crippen molar-refractivity contribution in [2.75, 3.05) is 33.2 Å². The predicted molar refractivity (Wildman–Crippen MR) is 59.5 cm³/mol. The van der Waals surface area contributed by atoms with E-state index in [-0.39, 0.29) is 11.8 Å². The van der Waals surface area contributed by atoms with Crippen LogP contribution in [0.15, 0.2) is 0 Å². The van der Waals surface area contributed by atoms with Gasteiger partial charge in [-0.3, -0.25) is 9.59 Å². The van der Waals surface area contributed by atoms with Crippen molar-refractivity contribution in [3.63, 3.8) is 0 Å². The molecule has 0 rings (SSSR count). The molecule has 5 heteroatoms. The Hall–Kier alpha value is -1.10. The second kappa shape index (κ2) is 8.23. The fourth-order valence-corrected chi connectivity index (χ4v) is 1.06. The zero-order chi connectivity index (χ0) is 11.7. The Morgan fingerprint density at radius 3 is 2.47 bits per heavy atom. The van der Waals surface area contributed by atoms with Crippen LogP contribution in [0.1, 0.15) is 20.3 Å². The number of nitrogens with one attached hydrogen (secondary N) is 2. The Morgan fingerprint density at radius 2 is 1.93 bits per heavy atom. The van der Waals surface area contributed by atoms with Crippen molar-refractivity contribution in [1.29, 1.82) is 0 Å². The van der Waals surface area contributed by atoms with Crippen molar-refractivity contribution in [3.05, 3.63) is 0 Å². The van der Waals surface area contributed by atoms with E-state index in [0.717, 1.165) is 6.54 Å². The molecule has 0 aliphatic rings. The summed E-state index contributed by atoms with van der Waals surface area (Å²) >= 11 is 0. The van der Waals surface area contributed by atoms with Gasteiger partial charge in [-0.15, -0.1) is 0 Å². The molecule has 0 aromatic carbocycles. The molecule has 0 radical (unpaired) electrons. The number of hydrogen-bond acceptors (Lipinski definition) is 3. The maximum absolute atomic E-state index is 11.2. The lowest BCUT2D eigenvalue weighted by Gasteiger charge is -2.16. The molecule has 2 N–H and O–H groups in total. The van der Waals surface area contributed by atoms with Crippen molar-refractivity contribution in [2.24, 2.45) is 0 Å². The molecular formula is C10H21N3O2. The number of rotatable bonds is 7. The summed E-state index contributed by atoms with van der Waals surface area (Å²) in [7, 11) is 1.74. The summed E-state index contributed by atoms with van der Waals surface area (Å²) in [6.07, 6.45) is 0.502. The van der Waals surface area contributed by atoms with Crippen LogP contribution in [0.25, 0.3) is 0 Å². The standard InChI is InChI=1S/C10H21N3O2/c1-4-10(15)13(3)7-6-12-9(14)8-11-5-2/h11H,4-8H2,1-3H3,(H,12,14). The van der Waals surface area contributed by atoms with Gasteiger partial charge in [0, 0.05) is 26.6 Å². The molecule has 0 saturated carbocycles. The highest BCUT2D eigenvalue weighted by Gasteiger charge is 2.05. The molecule has 2 amide bonds. The molecule has 0 aliphatic heterocycles. The Labute approximate surface area is 91.2 Å². The monoisotopic (exact) mass is 215 g/mol. The number of carbonyl (C=O) groups excluding carboxylic acids is 2. The lowest BCUT2D eigenvalue weighted by Crippen LogP contribution is -2.39. The van der Waals surface area contributed by atoms with Crippen LogP contribution in [0, 0.1) is 0 Å². The number of amides is 2. The summed E-state index contributed by atoms with van der Waals surface area (Å²) in [5.74, 6) is 0.0603. The van der Waals surface area contributed by atoms with Gasteiger partial charge in [0.2, 0.25) is 11.8 Å². The lowest BCUT2D eigenvalue weighted by atomic mass is 10.4. The molecule has 0 bridgehead atoms. The highest BCUT2D eigenvalue weighted by atomic mass is 16.2. The first-order chi connectivity index (χ1) is 7.11. The smallest absolute Gasteiger partial charge is 0.234 e. The Balaban J connectivity index is 3.52. The van der Waals surface area contributed by atoms with E-state index in [9.17, 15) is 9.59 Å². The maximum Gasteiger partial charge on any atom is 0.234 e. The maximum atomic E-state index is 11.2. The normalized spacial score (nSPS) is 9.80. The molecule has 0 spiro atoms. The third kappa shape index (κ3) is 6.90. The summed E-state index contributed by atoms with van der Waals surface area (Å²) in [4.78, 5) is 23.9. The molecule has 0 heterocycles. The van der Waals surface area contributed by atoms with E-state index in [1.54, 1.807) is 11.9 Å². The van der Waals surface area contributed by atoms with Gasteiger partial charge in [0.15, 0.2) is 0 Å². The quantitative estimate of drug-likeness (QED) is 0.606. The Morgan fingerprint density at radius 1 is 1.27 bits per heavy atom. The molecule has 15 heavy (non-hydrogen) atoms. The van der Waals surface area contributed by atoms with Crippen LogP contribution in [0.2, 0.25) is 0 Å². The minimum absolute atomic E-state index is 0.0332. The number of carbonyl (C=O) groups is 2. The predicted octanol–water partition coefficient (Wildman–Crippen LogP) is -0.419. The van der Waals surface area contributed by atoms with Gasteiger partial charge in [0.1, 0.15) is 0 Å². The molecular weight excluding hydrogens is 194 g/mol. The second-order valence-electron chi connectivity index (χ2n) is 3.30. The zero-order valence-electron chi connectivity index (χ0n) is 9.80. The average molecular weight is 215 g/mol. The van der Waals surface area contributed by atoms with Crippen LogP contribution in [-0.4, -0.2) is 49.9 Å². The van der Waals surface area contributed by atoms with Crippen LogP contribution in [0.5, 0.6) is 0 Å². The summed E-state index contributed by atoms with van der Waals surface area (Å²) in [5.41, 5.74) is 0. The van der Waals surface area contributed by atoms with Gasteiger partial charge in [0.25, 0.3) is 0 Å². The zero-order valence-corrected chi connectivity index (χ0v) is 9.80. The van der Waals surface area contributed by atoms with E-state index in [4.69, 9.17) is 0 Å². The molecule has 0 unspecified atom stereocenters. The molecule has 0 aromatic heterocycles. The van der Waals surface area contributed by atoms with E-state index in [0.29, 0.717) is 26.1 Å². The summed E-state index contributed by atoms with van der Waals surface area (Å²) < 4.78 is 0. The molecule has 0 atom stereocenters. The molecule has 5 nitrogen and oxygen atoms in total. The Kier molecular flexibility index (Phi) is 7.62. The van der Waals surface area contributed by atoms with Crippen molar-refractivity contribution in [1.82, 2.24) is 15.5 Å². The van der Waals surface area contributed by atoms with E-state index in [2.05, 4.69) is 10.6 Å². The third-order valence-corrected chi connectivity index (χ3v) is 2.03. The second-order valence-corrected chi connectivity index (χ2v) is 3.30. The molecule has 0 aliphatic carbocycles. The van der Waals surface area contributed by atoms with Gasteiger partial charge in [-0.1, -0.05) is 13.8 Å². The van der Waals surface area contributed by atoms with Crippen LogP contribution in [0.3, 0.4) is 0 Å². The first-order valence-corrected chi connectivity index (χ1v) is 5.33. The van der Waals surface area contributed by atoms with Crippen molar-refractivity contribution in [2.45, 2.75) is 20.3 Å².